The average molecular weight is 423 g/mol. The van der Waals surface area contributed by atoms with Gasteiger partial charge in [-0.15, -0.1) is 0 Å². The molecule has 0 unspecified atom stereocenters. The van der Waals surface area contributed by atoms with Gasteiger partial charge in [-0.2, -0.15) is 0 Å². The topological polar surface area (TPSA) is 51.2 Å². The second-order valence-electron chi connectivity index (χ2n) is 7.46. The summed E-state index contributed by atoms with van der Waals surface area (Å²) in [7, 11) is 1.85. The van der Waals surface area contributed by atoms with E-state index in [1.54, 1.807) is 0 Å². The Hall–Kier alpha value is -2.69. The van der Waals surface area contributed by atoms with Crippen molar-refractivity contribution in [1.82, 2.24) is 10.3 Å². The van der Waals surface area contributed by atoms with Gasteiger partial charge in [-0.3, -0.25) is 9.78 Å². The van der Waals surface area contributed by atoms with Gasteiger partial charge in [0.2, 0.25) is 0 Å². The van der Waals surface area contributed by atoms with Crippen LogP contribution in [0.2, 0.25) is 5.02 Å². The molecule has 0 aliphatic rings. The molecular weight excluding hydrogens is 396 g/mol. The highest BCUT2D eigenvalue weighted by Gasteiger charge is 2.15. The molecule has 0 radical (unpaired) electrons. The molecule has 1 N–H and O–H groups in total. The molecular formula is C25H27ClN2O2. The van der Waals surface area contributed by atoms with E-state index < -0.39 is 0 Å². The number of ether oxygens (including phenoxy) is 1. The Morgan fingerprint density at radius 1 is 1.07 bits per heavy atom. The molecule has 0 atom stereocenters. The minimum atomic E-state index is 0.452. The quantitative estimate of drug-likeness (QED) is 0.392. The highest BCUT2D eigenvalue weighted by atomic mass is 35.5. The van der Waals surface area contributed by atoms with E-state index in [1.165, 1.54) is 5.56 Å². The van der Waals surface area contributed by atoms with Crippen molar-refractivity contribution in [3.8, 4) is 5.75 Å². The van der Waals surface area contributed by atoms with Crippen molar-refractivity contribution in [3.63, 3.8) is 0 Å². The number of benzene rings is 2. The normalized spacial score (nSPS) is 10.8. The van der Waals surface area contributed by atoms with E-state index in [4.69, 9.17) is 16.3 Å². The fourth-order valence-corrected chi connectivity index (χ4v) is 3.56. The first-order valence-corrected chi connectivity index (χ1v) is 10.4. The summed E-state index contributed by atoms with van der Waals surface area (Å²) in [6, 6.07) is 14.5. The van der Waals surface area contributed by atoms with Crippen molar-refractivity contribution in [2.75, 3.05) is 20.2 Å². The molecule has 2 aromatic carbocycles. The first kappa shape index (κ1) is 22.0. The van der Waals surface area contributed by atoms with Gasteiger partial charge < -0.3 is 10.1 Å². The highest BCUT2D eigenvalue weighted by Crippen LogP contribution is 2.34. The van der Waals surface area contributed by atoms with E-state index in [1.807, 2.05) is 33.2 Å². The first-order valence-electron chi connectivity index (χ1n) is 10.1. The van der Waals surface area contributed by atoms with Crippen molar-refractivity contribution in [1.29, 1.82) is 0 Å². The van der Waals surface area contributed by atoms with Crippen molar-refractivity contribution in [3.05, 3.63) is 92.8 Å². The number of aromatic nitrogens is 1. The standard InChI is InChI=1S/C25H27ClN2O2/c1-17-4-9-23(28-15-17)13-20-7-5-19(6-8-20)12-21-14-22(16-29)25(24(26)18(21)2)30-11-10-27-3/h4-9,14-16,27H,10-13H2,1-3H3. The molecule has 0 amide bonds. The SMILES string of the molecule is CNCCOc1c(C=O)cc(Cc2ccc(Cc3ccc(C)cn3)cc2)c(C)c1Cl. The van der Waals surface area contributed by atoms with Crippen LogP contribution in [0.15, 0.2) is 48.7 Å². The lowest BCUT2D eigenvalue weighted by Gasteiger charge is -2.16. The summed E-state index contributed by atoms with van der Waals surface area (Å²) in [6.07, 6.45) is 4.21. The molecule has 0 bridgehead atoms. The van der Waals surface area contributed by atoms with E-state index in [0.29, 0.717) is 35.9 Å². The maximum absolute atomic E-state index is 11.6. The largest absolute Gasteiger partial charge is 0.490 e. The van der Waals surface area contributed by atoms with E-state index >= 15 is 0 Å². The van der Waals surface area contributed by atoms with Gasteiger partial charge in [-0.1, -0.05) is 41.9 Å². The lowest BCUT2D eigenvalue weighted by atomic mass is 9.96. The molecule has 4 nitrogen and oxygen atoms in total. The summed E-state index contributed by atoms with van der Waals surface area (Å²) in [5, 5.41) is 3.52. The summed E-state index contributed by atoms with van der Waals surface area (Å²) in [6.45, 7) is 5.14. The number of nitrogens with one attached hydrogen (secondary N) is 1. The Kier molecular flexibility index (Phi) is 7.61. The number of rotatable bonds is 9. The highest BCUT2D eigenvalue weighted by molar-refractivity contribution is 6.33. The fourth-order valence-electron chi connectivity index (χ4n) is 3.28. The Morgan fingerprint density at radius 2 is 1.77 bits per heavy atom. The van der Waals surface area contributed by atoms with Crippen LogP contribution in [0.5, 0.6) is 5.75 Å². The Morgan fingerprint density at radius 3 is 2.37 bits per heavy atom. The Labute approximate surface area is 183 Å². The second-order valence-corrected chi connectivity index (χ2v) is 7.84. The lowest BCUT2D eigenvalue weighted by Crippen LogP contribution is -2.17. The molecule has 0 aliphatic heterocycles. The molecule has 0 spiro atoms. The minimum absolute atomic E-state index is 0.452. The van der Waals surface area contributed by atoms with Crippen LogP contribution in [0.4, 0.5) is 0 Å². The van der Waals surface area contributed by atoms with E-state index in [9.17, 15) is 4.79 Å². The van der Waals surface area contributed by atoms with Crippen LogP contribution in [0.1, 0.15) is 43.9 Å². The van der Waals surface area contributed by atoms with Crippen LogP contribution in [-0.2, 0) is 12.8 Å². The molecule has 0 aliphatic carbocycles. The molecule has 0 saturated heterocycles. The number of hydrogen-bond acceptors (Lipinski definition) is 4. The molecule has 3 aromatic rings. The molecule has 0 fully saturated rings. The maximum Gasteiger partial charge on any atom is 0.153 e. The van der Waals surface area contributed by atoms with Gasteiger partial charge in [0.05, 0.1) is 10.6 Å². The zero-order valence-corrected chi connectivity index (χ0v) is 18.4. The van der Waals surface area contributed by atoms with Gasteiger partial charge in [0.1, 0.15) is 12.4 Å². The molecule has 1 heterocycles. The number of hydrogen-bond donors (Lipinski definition) is 1. The molecule has 30 heavy (non-hydrogen) atoms. The van der Waals surface area contributed by atoms with Crippen LogP contribution in [-0.4, -0.2) is 31.5 Å². The molecule has 1 aromatic heterocycles. The van der Waals surface area contributed by atoms with Gasteiger partial charge in [0, 0.05) is 24.9 Å². The Bertz CT molecular complexity index is 999. The predicted molar refractivity (Wildman–Crippen MR) is 122 cm³/mol. The average Bonchev–Trinajstić information content (AvgIpc) is 2.76. The van der Waals surface area contributed by atoms with E-state index in [-0.39, 0.29) is 0 Å². The summed E-state index contributed by atoms with van der Waals surface area (Å²) in [4.78, 5) is 16.1. The minimum Gasteiger partial charge on any atom is -0.490 e. The van der Waals surface area contributed by atoms with Gasteiger partial charge >= 0.3 is 0 Å². The van der Waals surface area contributed by atoms with Crippen molar-refractivity contribution >= 4 is 17.9 Å². The van der Waals surface area contributed by atoms with Crippen molar-refractivity contribution in [2.45, 2.75) is 26.7 Å². The number of likely N-dealkylation sites (N-methyl/N-ethyl adjacent to an activating group) is 1. The third-order valence-corrected chi connectivity index (χ3v) is 5.56. The maximum atomic E-state index is 11.6. The summed E-state index contributed by atoms with van der Waals surface area (Å²) >= 11 is 6.54. The lowest BCUT2D eigenvalue weighted by molar-refractivity contribution is 0.111. The molecule has 5 heteroatoms. The van der Waals surface area contributed by atoms with Crippen LogP contribution >= 0.6 is 11.6 Å². The van der Waals surface area contributed by atoms with Crippen molar-refractivity contribution < 1.29 is 9.53 Å². The predicted octanol–water partition coefficient (Wildman–Crippen LogP) is 4.94. The van der Waals surface area contributed by atoms with Crippen LogP contribution in [0.3, 0.4) is 0 Å². The monoisotopic (exact) mass is 422 g/mol. The third kappa shape index (κ3) is 5.47. The number of aryl methyl sites for hydroxylation is 1. The number of pyridine rings is 1. The summed E-state index contributed by atoms with van der Waals surface area (Å²) in [5.41, 5.74) is 7.04. The summed E-state index contributed by atoms with van der Waals surface area (Å²) < 4.78 is 5.73. The molecule has 156 valence electrons. The fraction of sp³-hybridized carbons (Fsp3) is 0.280. The number of nitrogens with zero attached hydrogens (tertiary/aromatic N) is 1. The van der Waals surface area contributed by atoms with Gasteiger partial charge in [0.25, 0.3) is 0 Å². The van der Waals surface area contributed by atoms with Gasteiger partial charge in [0.15, 0.2) is 6.29 Å². The summed E-state index contributed by atoms with van der Waals surface area (Å²) in [5.74, 6) is 0.462. The smallest absolute Gasteiger partial charge is 0.153 e. The van der Waals surface area contributed by atoms with Gasteiger partial charge in [-0.25, -0.2) is 0 Å². The Balaban J connectivity index is 1.76. The molecule has 3 rings (SSSR count). The number of aldehydes is 1. The van der Waals surface area contributed by atoms with Crippen LogP contribution in [0.25, 0.3) is 0 Å². The second kappa shape index (κ2) is 10.4. The number of halogens is 1. The van der Waals surface area contributed by atoms with Crippen LogP contribution < -0.4 is 10.1 Å². The first-order chi connectivity index (χ1) is 14.5. The van der Waals surface area contributed by atoms with Crippen molar-refractivity contribution in [2.24, 2.45) is 0 Å². The van der Waals surface area contributed by atoms with Gasteiger partial charge in [-0.05, 0) is 67.3 Å². The third-order valence-electron chi connectivity index (χ3n) is 5.10. The van der Waals surface area contributed by atoms with E-state index in [2.05, 4.69) is 46.7 Å². The van der Waals surface area contributed by atoms with E-state index in [0.717, 1.165) is 40.7 Å². The van der Waals surface area contributed by atoms with Crippen LogP contribution in [0, 0.1) is 13.8 Å². The zero-order chi connectivity index (χ0) is 21.5. The zero-order valence-electron chi connectivity index (χ0n) is 17.7. The number of carbonyl (C=O) groups is 1. The number of carbonyl (C=O) groups excluding carboxylic acids is 1. The molecule has 0 saturated carbocycles.